The number of benzene rings is 2. The highest BCUT2D eigenvalue weighted by Crippen LogP contribution is 2.27. The molecule has 1 aliphatic rings. The van der Waals surface area contributed by atoms with Gasteiger partial charge >= 0.3 is 0 Å². The Kier molecular flexibility index (Phi) is 10.6. The molecule has 3 rings (SSSR count). The van der Waals surface area contributed by atoms with Crippen LogP contribution in [0.5, 0.6) is 23.0 Å². The molecule has 0 radical (unpaired) electrons. The Bertz CT molecular complexity index is 941. The first-order valence-corrected chi connectivity index (χ1v) is 12.6. The van der Waals surface area contributed by atoms with Crippen LogP contribution in [0.4, 0.5) is 0 Å². The first-order chi connectivity index (χ1) is 17.3. The van der Waals surface area contributed by atoms with Gasteiger partial charge in [0.15, 0.2) is 0 Å². The molecule has 1 fully saturated rings. The quantitative estimate of drug-likeness (QED) is 0.434. The van der Waals surface area contributed by atoms with Crippen LogP contribution in [0.1, 0.15) is 36.8 Å². The molecule has 2 aromatic rings. The van der Waals surface area contributed by atoms with Crippen LogP contribution in [0, 0.1) is 0 Å². The average Bonchev–Trinajstić information content (AvgIpc) is 2.83. The van der Waals surface area contributed by atoms with Crippen LogP contribution in [0.15, 0.2) is 46.4 Å². The highest BCUT2D eigenvalue weighted by atomic mass is 16.5. The fourth-order valence-electron chi connectivity index (χ4n) is 3.93. The first-order valence-electron chi connectivity index (χ1n) is 12.6. The molecule has 0 spiro atoms. The molecule has 196 valence electrons. The lowest BCUT2D eigenvalue weighted by molar-refractivity contribution is 0.260. The van der Waals surface area contributed by atoms with E-state index in [1.165, 1.54) is 0 Å². The summed E-state index contributed by atoms with van der Waals surface area (Å²) in [4.78, 5) is 13.6. The summed E-state index contributed by atoms with van der Waals surface area (Å²) >= 11 is 0. The molecule has 2 atom stereocenters. The highest BCUT2D eigenvalue weighted by Gasteiger charge is 2.23. The minimum Gasteiger partial charge on any atom is -0.507 e. The Hall–Kier alpha value is -3.10. The van der Waals surface area contributed by atoms with Crippen LogP contribution in [0.25, 0.3) is 0 Å². The number of likely N-dealkylation sites (N-methyl/N-ethyl adjacent to an activating group) is 2. The van der Waals surface area contributed by atoms with Gasteiger partial charge in [0, 0.05) is 48.8 Å². The number of hydrogen-bond donors (Lipinski definition) is 2. The Labute approximate surface area is 214 Å². The van der Waals surface area contributed by atoms with Gasteiger partial charge in [-0.3, -0.25) is 9.98 Å². The van der Waals surface area contributed by atoms with E-state index < -0.39 is 0 Å². The van der Waals surface area contributed by atoms with E-state index >= 15 is 0 Å². The normalized spacial score (nSPS) is 18.5. The summed E-state index contributed by atoms with van der Waals surface area (Å²) in [6.07, 6.45) is 7.54. The predicted molar refractivity (Wildman–Crippen MR) is 146 cm³/mol. The van der Waals surface area contributed by atoms with Gasteiger partial charge < -0.3 is 29.5 Å². The zero-order chi connectivity index (χ0) is 25.9. The third-order valence-corrected chi connectivity index (χ3v) is 6.12. The summed E-state index contributed by atoms with van der Waals surface area (Å²) in [5.74, 6) is 1.57. The molecule has 0 amide bonds. The van der Waals surface area contributed by atoms with Crippen molar-refractivity contribution in [3.63, 3.8) is 0 Å². The second-order valence-electron chi connectivity index (χ2n) is 9.72. The molecule has 36 heavy (non-hydrogen) atoms. The van der Waals surface area contributed by atoms with Crippen LogP contribution in [0.2, 0.25) is 0 Å². The second kappa shape index (κ2) is 13.8. The van der Waals surface area contributed by atoms with Crippen LogP contribution < -0.4 is 9.47 Å². The van der Waals surface area contributed by atoms with Crippen LogP contribution >= 0.6 is 0 Å². The maximum atomic E-state index is 10.4. The molecule has 1 aliphatic carbocycles. The molecule has 8 heteroatoms. The van der Waals surface area contributed by atoms with Gasteiger partial charge in [-0.2, -0.15) is 0 Å². The van der Waals surface area contributed by atoms with E-state index in [0.717, 1.165) is 38.8 Å². The molecule has 0 bridgehead atoms. The molecule has 0 aliphatic heterocycles. The Morgan fingerprint density at radius 3 is 1.53 bits per heavy atom. The molecule has 0 saturated heterocycles. The van der Waals surface area contributed by atoms with Crippen molar-refractivity contribution < 1.29 is 19.7 Å². The molecule has 2 N–H and O–H groups in total. The number of aliphatic imine (C=N–C) groups is 2. The molecule has 0 aromatic heterocycles. The van der Waals surface area contributed by atoms with Gasteiger partial charge in [-0.15, -0.1) is 0 Å². The molecule has 8 nitrogen and oxygen atoms in total. The number of aromatic hydroxyl groups is 2. The second-order valence-corrected chi connectivity index (χ2v) is 9.72. The van der Waals surface area contributed by atoms with Crippen molar-refractivity contribution in [1.82, 2.24) is 9.80 Å². The van der Waals surface area contributed by atoms with Crippen molar-refractivity contribution in [2.75, 3.05) is 54.5 Å². The Morgan fingerprint density at radius 1 is 0.750 bits per heavy atom. The monoisotopic (exact) mass is 496 g/mol. The molecule has 1 saturated carbocycles. The number of nitrogens with zero attached hydrogens (tertiary/aromatic N) is 4. The van der Waals surface area contributed by atoms with E-state index in [0.29, 0.717) is 35.8 Å². The molecule has 0 heterocycles. The van der Waals surface area contributed by atoms with E-state index in [-0.39, 0.29) is 23.6 Å². The van der Waals surface area contributed by atoms with Gasteiger partial charge in [-0.1, -0.05) is 12.8 Å². The van der Waals surface area contributed by atoms with E-state index in [1.807, 2.05) is 62.3 Å². The lowest BCUT2D eigenvalue weighted by Crippen LogP contribution is -2.27. The summed E-state index contributed by atoms with van der Waals surface area (Å²) in [7, 11) is 7.96. The Morgan fingerprint density at radius 2 is 1.17 bits per heavy atom. The number of rotatable bonds is 12. The summed E-state index contributed by atoms with van der Waals surface area (Å²) in [5, 5.41) is 20.9. The summed E-state index contributed by atoms with van der Waals surface area (Å²) in [5.41, 5.74) is 1.32. The lowest BCUT2D eigenvalue weighted by Gasteiger charge is -2.25. The number of ether oxygens (including phenoxy) is 2. The highest BCUT2D eigenvalue weighted by molar-refractivity contribution is 5.85. The maximum Gasteiger partial charge on any atom is 0.128 e. The SMILES string of the molecule is CN(C)CCOc1ccc(C=N[C@@H]2CCCC[C@H]2N=Cc2ccc(OCCN(C)C)cc2O)c(O)c1. The minimum absolute atomic E-state index is 0.0289. The largest absolute Gasteiger partial charge is 0.507 e. The fourth-order valence-corrected chi connectivity index (χ4v) is 3.93. The summed E-state index contributed by atoms with van der Waals surface area (Å²) in [6.45, 7) is 2.73. The summed E-state index contributed by atoms with van der Waals surface area (Å²) < 4.78 is 11.4. The van der Waals surface area contributed by atoms with Crippen molar-refractivity contribution in [3.8, 4) is 23.0 Å². The third-order valence-electron chi connectivity index (χ3n) is 6.12. The minimum atomic E-state index is 0.0289. The van der Waals surface area contributed by atoms with Crippen molar-refractivity contribution >= 4 is 12.4 Å². The van der Waals surface area contributed by atoms with E-state index in [4.69, 9.17) is 19.5 Å². The zero-order valence-electron chi connectivity index (χ0n) is 21.9. The van der Waals surface area contributed by atoms with Gasteiger partial charge in [-0.05, 0) is 65.3 Å². The number of phenols is 2. The topological polar surface area (TPSA) is 90.1 Å². The van der Waals surface area contributed by atoms with E-state index in [9.17, 15) is 10.2 Å². The Balaban J connectivity index is 1.61. The van der Waals surface area contributed by atoms with Gasteiger partial charge in [0.2, 0.25) is 0 Å². The van der Waals surface area contributed by atoms with Gasteiger partial charge in [0.1, 0.15) is 36.2 Å². The van der Waals surface area contributed by atoms with Crippen molar-refractivity contribution in [2.24, 2.45) is 9.98 Å². The van der Waals surface area contributed by atoms with E-state index in [1.54, 1.807) is 24.6 Å². The first kappa shape index (κ1) is 27.5. The maximum absolute atomic E-state index is 10.4. The van der Waals surface area contributed by atoms with Crippen molar-refractivity contribution in [1.29, 1.82) is 0 Å². The molecule has 2 aromatic carbocycles. The standard InChI is InChI=1S/C28H40N4O4/c1-31(2)13-15-35-23-11-9-21(27(33)17-23)19-29-25-7-5-6-8-26(25)30-20-22-10-12-24(18-28(22)34)36-16-14-32(3)4/h9-12,17-20,25-26,33-34H,5-8,13-16H2,1-4H3/t25-,26-/m1/s1. The fraction of sp³-hybridized carbons (Fsp3) is 0.500. The molecule has 0 unspecified atom stereocenters. The number of phenolic OH excluding ortho intramolecular Hbond substituents is 2. The van der Waals surface area contributed by atoms with Crippen molar-refractivity contribution in [2.45, 2.75) is 37.8 Å². The van der Waals surface area contributed by atoms with Gasteiger partial charge in [-0.25, -0.2) is 0 Å². The van der Waals surface area contributed by atoms with Crippen molar-refractivity contribution in [3.05, 3.63) is 47.5 Å². The van der Waals surface area contributed by atoms with Gasteiger partial charge in [0.05, 0.1) is 12.1 Å². The molecular formula is C28H40N4O4. The number of hydrogen-bond acceptors (Lipinski definition) is 8. The summed E-state index contributed by atoms with van der Waals surface area (Å²) in [6, 6.07) is 10.7. The zero-order valence-corrected chi connectivity index (χ0v) is 21.9. The van der Waals surface area contributed by atoms with E-state index in [2.05, 4.69) is 0 Å². The average molecular weight is 497 g/mol. The van der Waals surface area contributed by atoms with Crippen LogP contribution in [-0.4, -0.2) is 99.0 Å². The van der Waals surface area contributed by atoms with Gasteiger partial charge in [0.25, 0.3) is 0 Å². The van der Waals surface area contributed by atoms with Crippen LogP contribution in [-0.2, 0) is 0 Å². The lowest BCUT2D eigenvalue weighted by atomic mass is 9.91. The molecular weight excluding hydrogens is 456 g/mol. The van der Waals surface area contributed by atoms with Crippen LogP contribution in [0.3, 0.4) is 0 Å². The smallest absolute Gasteiger partial charge is 0.128 e. The third kappa shape index (κ3) is 8.84. The predicted octanol–water partition coefficient (Wildman–Crippen LogP) is 3.83.